The van der Waals surface area contributed by atoms with Gasteiger partial charge in [-0.15, -0.1) is 0 Å². The molecule has 2 N–H and O–H groups in total. The number of rotatable bonds is 5. The van der Waals surface area contributed by atoms with Gasteiger partial charge in [0.2, 0.25) is 6.79 Å². The molecule has 0 aliphatic carbocycles. The van der Waals surface area contributed by atoms with E-state index in [0.717, 1.165) is 66.5 Å². The first-order valence-electron chi connectivity index (χ1n) is 9.91. The molecule has 1 atom stereocenters. The van der Waals surface area contributed by atoms with Crippen molar-refractivity contribution in [2.24, 2.45) is 0 Å². The second kappa shape index (κ2) is 7.75. The van der Waals surface area contributed by atoms with Crippen molar-refractivity contribution in [1.29, 1.82) is 0 Å². The van der Waals surface area contributed by atoms with Crippen molar-refractivity contribution in [2.75, 3.05) is 25.2 Å². The van der Waals surface area contributed by atoms with Crippen LogP contribution in [-0.2, 0) is 6.54 Å². The Morgan fingerprint density at radius 2 is 2.00 bits per heavy atom. The minimum absolute atomic E-state index is 0.233. The zero-order valence-corrected chi connectivity index (χ0v) is 16.0. The third-order valence-corrected chi connectivity index (χ3v) is 5.49. The molecular formula is C22H23FN4O2. The number of likely N-dealkylation sites (tertiary alicyclic amines) is 1. The molecule has 5 rings (SSSR count). The highest BCUT2D eigenvalue weighted by molar-refractivity contribution is 5.62. The fourth-order valence-electron chi connectivity index (χ4n) is 4.08. The standard InChI is InChI=1S/C22H23FN4O2/c23-17-5-3-15(4-6-17)22-16(11-24-26-22)12-27-9-1-2-19(13-27)25-18-7-8-20-21(10-18)29-14-28-20/h3-8,10-11,19,25H,1-2,9,12-14H2,(H,24,26). The van der Waals surface area contributed by atoms with Gasteiger partial charge >= 0.3 is 0 Å². The van der Waals surface area contributed by atoms with Gasteiger partial charge in [-0.3, -0.25) is 10.00 Å². The van der Waals surface area contributed by atoms with Crippen molar-refractivity contribution in [3.8, 4) is 22.8 Å². The Bertz CT molecular complexity index is 989. The summed E-state index contributed by atoms with van der Waals surface area (Å²) in [6, 6.07) is 12.9. The Labute approximate surface area is 168 Å². The van der Waals surface area contributed by atoms with Crippen molar-refractivity contribution in [2.45, 2.75) is 25.4 Å². The molecule has 150 valence electrons. The van der Waals surface area contributed by atoms with E-state index in [4.69, 9.17) is 9.47 Å². The minimum Gasteiger partial charge on any atom is -0.454 e. The number of nitrogens with zero attached hydrogens (tertiary/aromatic N) is 2. The monoisotopic (exact) mass is 394 g/mol. The van der Waals surface area contributed by atoms with Gasteiger partial charge in [-0.05, 0) is 55.8 Å². The quantitative estimate of drug-likeness (QED) is 0.684. The number of ether oxygens (including phenoxy) is 2. The lowest BCUT2D eigenvalue weighted by Gasteiger charge is -2.33. The highest BCUT2D eigenvalue weighted by Crippen LogP contribution is 2.34. The fourth-order valence-corrected chi connectivity index (χ4v) is 4.08. The van der Waals surface area contributed by atoms with Crippen LogP contribution in [-0.4, -0.2) is 41.0 Å². The molecule has 1 aromatic heterocycles. The SMILES string of the molecule is Fc1ccc(-c2[nH]ncc2CN2CCCC(Nc3ccc4c(c3)OCO4)C2)cc1. The molecule has 0 amide bonds. The maximum Gasteiger partial charge on any atom is 0.231 e. The number of nitrogens with one attached hydrogen (secondary N) is 2. The summed E-state index contributed by atoms with van der Waals surface area (Å²) in [5.41, 5.74) is 4.08. The molecule has 2 aliphatic heterocycles. The largest absolute Gasteiger partial charge is 0.454 e. The first kappa shape index (κ1) is 18.0. The summed E-state index contributed by atoms with van der Waals surface area (Å²) >= 11 is 0. The Kier molecular flexibility index (Phi) is 4.81. The first-order chi connectivity index (χ1) is 14.2. The van der Waals surface area contributed by atoms with Crippen LogP contribution in [0.5, 0.6) is 11.5 Å². The van der Waals surface area contributed by atoms with E-state index in [0.29, 0.717) is 6.04 Å². The Morgan fingerprint density at radius 1 is 1.14 bits per heavy atom. The van der Waals surface area contributed by atoms with Gasteiger partial charge in [0.05, 0.1) is 11.9 Å². The number of aromatic amines is 1. The van der Waals surface area contributed by atoms with Crippen LogP contribution in [0, 0.1) is 5.82 Å². The molecule has 7 heteroatoms. The smallest absolute Gasteiger partial charge is 0.231 e. The van der Waals surface area contributed by atoms with Gasteiger partial charge in [0, 0.05) is 42.0 Å². The average molecular weight is 394 g/mol. The number of hydrogen-bond donors (Lipinski definition) is 2. The van der Waals surface area contributed by atoms with Gasteiger partial charge in [0.25, 0.3) is 0 Å². The van der Waals surface area contributed by atoms with Gasteiger partial charge in [0.1, 0.15) is 5.82 Å². The van der Waals surface area contributed by atoms with E-state index in [-0.39, 0.29) is 12.6 Å². The molecule has 6 nitrogen and oxygen atoms in total. The molecule has 1 fully saturated rings. The predicted molar refractivity (Wildman–Crippen MR) is 108 cm³/mol. The van der Waals surface area contributed by atoms with Crippen LogP contribution >= 0.6 is 0 Å². The Balaban J connectivity index is 1.25. The molecule has 2 aliphatic rings. The van der Waals surface area contributed by atoms with Gasteiger partial charge in [0.15, 0.2) is 11.5 Å². The predicted octanol–water partition coefficient (Wildman–Crippen LogP) is 4.02. The summed E-state index contributed by atoms with van der Waals surface area (Å²) in [5.74, 6) is 1.36. The van der Waals surface area contributed by atoms with Gasteiger partial charge < -0.3 is 14.8 Å². The zero-order valence-electron chi connectivity index (χ0n) is 16.0. The van der Waals surface area contributed by atoms with Crippen LogP contribution in [0.1, 0.15) is 18.4 Å². The van der Waals surface area contributed by atoms with Crippen LogP contribution in [0.25, 0.3) is 11.3 Å². The molecule has 0 spiro atoms. The van der Waals surface area contributed by atoms with E-state index in [1.807, 2.05) is 24.4 Å². The highest BCUT2D eigenvalue weighted by atomic mass is 19.1. The Morgan fingerprint density at radius 3 is 2.90 bits per heavy atom. The number of benzene rings is 2. The molecule has 0 bridgehead atoms. The summed E-state index contributed by atoms with van der Waals surface area (Å²) in [6.45, 7) is 3.09. The molecule has 0 radical (unpaired) electrons. The first-order valence-corrected chi connectivity index (χ1v) is 9.91. The van der Waals surface area contributed by atoms with Crippen molar-refractivity contribution in [1.82, 2.24) is 15.1 Å². The average Bonchev–Trinajstić information content (AvgIpc) is 3.38. The molecule has 3 aromatic rings. The van der Waals surface area contributed by atoms with Crippen LogP contribution in [0.15, 0.2) is 48.7 Å². The minimum atomic E-state index is -0.233. The van der Waals surface area contributed by atoms with Crippen molar-refractivity contribution >= 4 is 5.69 Å². The second-order valence-corrected chi connectivity index (χ2v) is 7.56. The fraction of sp³-hybridized carbons (Fsp3) is 0.318. The van der Waals surface area contributed by atoms with E-state index >= 15 is 0 Å². The molecule has 29 heavy (non-hydrogen) atoms. The van der Waals surface area contributed by atoms with Crippen LogP contribution in [0.3, 0.4) is 0 Å². The van der Waals surface area contributed by atoms with E-state index in [1.165, 1.54) is 12.1 Å². The topological polar surface area (TPSA) is 62.4 Å². The summed E-state index contributed by atoms with van der Waals surface area (Å²) in [6.07, 6.45) is 4.13. The van der Waals surface area contributed by atoms with Gasteiger partial charge in [-0.1, -0.05) is 0 Å². The lowest BCUT2D eigenvalue weighted by Crippen LogP contribution is -2.41. The lowest BCUT2D eigenvalue weighted by atomic mass is 10.0. The van der Waals surface area contributed by atoms with Crippen LogP contribution in [0.4, 0.5) is 10.1 Å². The third-order valence-electron chi connectivity index (χ3n) is 5.49. The molecule has 3 heterocycles. The van der Waals surface area contributed by atoms with Crippen LogP contribution in [0.2, 0.25) is 0 Å². The number of fused-ring (bicyclic) bond motifs is 1. The molecular weight excluding hydrogens is 371 g/mol. The van der Waals surface area contributed by atoms with E-state index in [1.54, 1.807) is 12.1 Å². The van der Waals surface area contributed by atoms with Crippen molar-refractivity contribution in [3.63, 3.8) is 0 Å². The molecule has 0 saturated carbocycles. The summed E-state index contributed by atoms with van der Waals surface area (Å²) < 4.78 is 24.1. The summed E-state index contributed by atoms with van der Waals surface area (Å²) in [4.78, 5) is 2.44. The van der Waals surface area contributed by atoms with Gasteiger partial charge in [-0.2, -0.15) is 5.10 Å². The molecule has 1 saturated heterocycles. The number of hydrogen-bond acceptors (Lipinski definition) is 5. The maximum atomic E-state index is 13.2. The number of halogens is 1. The number of piperidine rings is 1. The van der Waals surface area contributed by atoms with Crippen LogP contribution < -0.4 is 14.8 Å². The van der Waals surface area contributed by atoms with E-state index < -0.39 is 0 Å². The summed E-state index contributed by atoms with van der Waals surface area (Å²) in [7, 11) is 0. The number of H-pyrrole nitrogens is 1. The number of anilines is 1. The third kappa shape index (κ3) is 3.91. The zero-order chi connectivity index (χ0) is 19.6. The molecule has 2 aromatic carbocycles. The van der Waals surface area contributed by atoms with E-state index in [2.05, 4.69) is 20.4 Å². The van der Waals surface area contributed by atoms with Gasteiger partial charge in [-0.25, -0.2) is 4.39 Å². The summed E-state index contributed by atoms with van der Waals surface area (Å²) in [5, 5.41) is 10.9. The highest BCUT2D eigenvalue weighted by Gasteiger charge is 2.22. The van der Waals surface area contributed by atoms with Crippen molar-refractivity contribution in [3.05, 3.63) is 60.0 Å². The maximum absolute atomic E-state index is 13.2. The lowest BCUT2D eigenvalue weighted by molar-refractivity contribution is 0.174. The Hall–Kier alpha value is -3.06. The van der Waals surface area contributed by atoms with E-state index in [9.17, 15) is 4.39 Å². The number of aromatic nitrogens is 2. The normalized spacial score (nSPS) is 18.7. The second-order valence-electron chi connectivity index (χ2n) is 7.56. The van der Waals surface area contributed by atoms with Crippen molar-refractivity contribution < 1.29 is 13.9 Å². The molecule has 1 unspecified atom stereocenters.